The minimum absolute atomic E-state index is 0.00566. The molecule has 4 amide bonds. The second-order valence-electron chi connectivity index (χ2n) is 12.5. The summed E-state index contributed by atoms with van der Waals surface area (Å²) in [5.74, 6) is -3.39. The van der Waals surface area contributed by atoms with Crippen LogP contribution in [0, 0.1) is 10.1 Å². The summed E-state index contributed by atoms with van der Waals surface area (Å²) in [5, 5.41) is 33.4. The van der Waals surface area contributed by atoms with Crippen molar-refractivity contribution in [2.24, 2.45) is 16.5 Å². The van der Waals surface area contributed by atoms with E-state index in [1.807, 2.05) is 42.5 Å². The van der Waals surface area contributed by atoms with Crippen LogP contribution in [0.1, 0.15) is 36.0 Å². The number of nitrogens with zero attached hydrogens (tertiary/aromatic N) is 2. The number of hydrogen-bond donors (Lipinski definition) is 7. The van der Waals surface area contributed by atoms with Crippen molar-refractivity contribution in [2.45, 2.75) is 56.3 Å². The maximum atomic E-state index is 14.3. The second-order valence-corrected chi connectivity index (χ2v) is 12.5. The molecule has 15 heteroatoms. The molecule has 4 aromatic carbocycles. The molecule has 3 atom stereocenters. The van der Waals surface area contributed by atoms with E-state index in [2.05, 4.69) is 26.3 Å². The highest BCUT2D eigenvalue weighted by molar-refractivity contribution is 5.98. The molecule has 0 aromatic heterocycles. The Morgan fingerprint density at radius 1 is 0.811 bits per heavy atom. The zero-order valence-corrected chi connectivity index (χ0v) is 29.3. The largest absolute Gasteiger partial charge is 0.508 e. The van der Waals surface area contributed by atoms with Crippen molar-refractivity contribution in [2.75, 3.05) is 13.6 Å². The normalized spacial score (nSPS) is 13.1. The highest BCUT2D eigenvalue weighted by Gasteiger charge is 2.43. The third-order valence-electron chi connectivity index (χ3n) is 8.54. The molecule has 0 unspecified atom stereocenters. The number of phenols is 1. The summed E-state index contributed by atoms with van der Waals surface area (Å²) in [7, 11) is 1.41. The van der Waals surface area contributed by atoms with Crippen molar-refractivity contribution in [3.63, 3.8) is 0 Å². The predicted octanol–water partition coefficient (Wildman–Crippen LogP) is 1.82. The maximum absolute atomic E-state index is 14.3. The molecule has 0 saturated carbocycles. The number of nitro groups is 1. The standard InChI is InChI=1S/C38H44N8O7/c1-41-34(49)31(24-27-12-16-28-10-5-6-11-29(28)22-27)43-36(51)38(45-37(39)40,20-7-21-46(52)53)44-35(50)32(23-26-8-3-2-4-9-26)42-33(48)19-15-25-13-17-30(47)18-14-25/h2-6,8-14,16-18,22,31-32,47H,7,15,19-21,23-24H2,1H3,(H,41,49)(H,42,48)(H,43,51)(H,44,50)(H4,39,40,45)/t31-,32+,38+/m0/s1. The smallest absolute Gasteiger partial charge is 0.269 e. The van der Waals surface area contributed by atoms with E-state index in [1.165, 1.54) is 19.2 Å². The molecule has 0 aliphatic rings. The molecule has 4 aromatic rings. The van der Waals surface area contributed by atoms with Crippen LogP contribution in [0.5, 0.6) is 5.75 Å². The molecular weight excluding hydrogens is 680 g/mol. The van der Waals surface area contributed by atoms with E-state index in [1.54, 1.807) is 42.5 Å². The molecule has 9 N–H and O–H groups in total. The molecule has 0 heterocycles. The van der Waals surface area contributed by atoms with Crippen molar-refractivity contribution in [1.29, 1.82) is 0 Å². The zero-order valence-electron chi connectivity index (χ0n) is 29.3. The summed E-state index contributed by atoms with van der Waals surface area (Å²) < 4.78 is 0. The lowest BCUT2D eigenvalue weighted by molar-refractivity contribution is -0.480. The van der Waals surface area contributed by atoms with Crippen LogP contribution in [0.4, 0.5) is 0 Å². The Balaban J connectivity index is 1.64. The van der Waals surface area contributed by atoms with Gasteiger partial charge < -0.3 is 37.8 Å². The molecule has 0 fully saturated rings. The van der Waals surface area contributed by atoms with Crippen LogP contribution in [0.2, 0.25) is 0 Å². The number of benzene rings is 4. The number of aliphatic imine (C=N–C) groups is 1. The van der Waals surface area contributed by atoms with Crippen LogP contribution in [-0.2, 0) is 38.4 Å². The maximum Gasteiger partial charge on any atom is 0.269 e. The van der Waals surface area contributed by atoms with Crippen LogP contribution in [0.25, 0.3) is 10.8 Å². The van der Waals surface area contributed by atoms with Crippen molar-refractivity contribution < 1.29 is 29.2 Å². The molecule has 0 aliphatic heterocycles. The average Bonchev–Trinajstić information content (AvgIpc) is 3.13. The number of amides is 4. The fourth-order valence-corrected chi connectivity index (χ4v) is 5.85. The van der Waals surface area contributed by atoms with Crippen LogP contribution < -0.4 is 32.7 Å². The lowest BCUT2D eigenvalue weighted by Gasteiger charge is -2.33. The van der Waals surface area contributed by atoms with Gasteiger partial charge in [0.1, 0.15) is 17.8 Å². The van der Waals surface area contributed by atoms with Crippen LogP contribution in [0.3, 0.4) is 0 Å². The number of aromatic hydroxyl groups is 1. The number of fused-ring (bicyclic) bond motifs is 1. The summed E-state index contributed by atoms with van der Waals surface area (Å²) in [4.78, 5) is 69.8. The van der Waals surface area contributed by atoms with Crippen molar-refractivity contribution >= 4 is 40.4 Å². The number of aryl methyl sites for hydroxylation is 1. The molecule has 0 spiro atoms. The van der Waals surface area contributed by atoms with Gasteiger partial charge in [0.05, 0.1) is 0 Å². The van der Waals surface area contributed by atoms with Crippen molar-refractivity contribution in [3.8, 4) is 5.75 Å². The van der Waals surface area contributed by atoms with Gasteiger partial charge in [-0.2, -0.15) is 0 Å². The summed E-state index contributed by atoms with van der Waals surface area (Å²) in [5.41, 5.74) is 11.5. The number of phenolic OH excluding ortho intramolecular Hbond substituents is 1. The number of carbonyl (C=O) groups excluding carboxylic acids is 4. The quantitative estimate of drug-likeness (QED) is 0.0342. The first-order valence-corrected chi connectivity index (χ1v) is 17.0. The Morgan fingerprint density at radius 2 is 1.43 bits per heavy atom. The first-order valence-electron chi connectivity index (χ1n) is 17.0. The predicted molar refractivity (Wildman–Crippen MR) is 200 cm³/mol. The number of nitrogens with one attached hydrogen (secondary N) is 4. The van der Waals surface area contributed by atoms with Gasteiger partial charge in [-0.05, 0) is 46.0 Å². The molecule has 15 nitrogen and oxygen atoms in total. The molecule has 0 bridgehead atoms. The van der Waals surface area contributed by atoms with E-state index < -0.39 is 65.2 Å². The molecule has 4 rings (SSSR count). The first-order chi connectivity index (χ1) is 25.4. The van der Waals surface area contributed by atoms with Crippen LogP contribution in [-0.4, -0.2) is 71.0 Å². The second kappa shape index (κ2) is 18.6. The molecule has 278 valence electrons. The van der Waals surface area contributed by atoms with E-state index >= 15 is 0 Å². The van der Waals surface area contributed by atoms with Gasteiger partial charge in [0, 0.05) is 44.1 Å². The number of nitrogens with two attached hydrogens (primary N) is 2. The van der Waals surface area contributed by atoms with Gasteiger partial charge in [0.25, 0.3) is 5.91 Å². The van der Waals surface area contributed by atoms with Gasteiger partial charge in [0.2, 0.25) is 29.9 Å². The Hall–Kier alpha value is -6.51. The van der Waals surface area contributed by atoms with E-state index in [4.69, 9.17) is 11.5 Å². The summed E-state index contributed by atoms with van der Waals surface area (Å²) in [6.07, 6.45) is -0.305. The van der Waals surface area contributed by atoms with Crippen LogP contribution >= 0.6 is 0 Å². The van der Waals surface area contributed by atoms with E-state index in [9.17, 15) is 34.4 Å². The summed E-state index contributed by atoms with van der Waals surface area (Å²) in [6.45, 7) is -0.581. The van der Waals surface area contributed by atoms with Gasteiger partial charge >= 0.3 is 0 Å². The lowest BCUT2D eigenvalue weighted by Crippen LogP contribution is -2.64. The van der Waals surface area contributed by atoms with Crippen molar-refractivity contribution in [1.82, 2.24) is 21.3 Å². The van der Waals surface area contributed by atoms with E-state index in [0.29, 0.717) is 12.0 Å². The Labute approximate surface area is 306 Å². The average molecular weight is 725 g/mol. The summed E-state index contributed by atoms with van der Waals surface area (Å²) >= 11 is 0. The highest BCUT2D eigenvalue weighted by Crippen LogP contribution is 2.21. The van der Waals surface area contributed by atoms with Crippen LogP contribution in [0.15, 0.2) is 102 Å². The Kier molecular flexibility index (Phi) is 13.8. The third kappa shape index (κ3) is 11.8. The highest BCUT2D eigenvalue weighted by atomic mass is 16.6. The SMILES string of the molecule is CNC(=O)[C@H](Cc1ccc2ccccc2c1)NC(=O)[C@@](CCC[N+](=O)[O-])(N=C(N)N)NC(=O)[C@@H](Cc1ccccc1)NC(=O)CCc1ccc(O)cc1. The molecule has 0 aliphatic carbocycles. The molecule has 0 radical (unpaired) electrons. The number of hydrogen-bond acceptors (Lipinski definition) is 8. The zero-order chi connectivity index (χ0) is 38.4. The minimum Gasteiger partial charge on any atom is -0.508 e. The number of carbonyl (C=O) groups is 4. The molecule has 0 saturated heterocycles. The third-order valence-corrected chi connectivity index (χ3v) is 8.54. The van der Waals surface area contributed by atoms with Gasteiger partial charge in [-0.25, -0.2) is 4.99 Å². The Morgan fingerprint density at radius 3 is 2.09 bits per heavy atom. The monoisotopic (exact) mass is 724 g/mol. The van der Waals surface area contributed by atoms with Gasteiger partial charge in [-0.15, -0.1) is 0 Å². The molecular formula is C38H44N8O7. The fraction of sp³-hybridized carbons (Fsp3) is 0.289. The number of guanidine groups is 1. The topological polar surface area (TPSA) is 244 Å². The lowest BCUT2D eigenvalue weighted by atomic mass is 9.97. The first kappa shape index (κ1) is 39.3. The Bertz CT molecular complexity index is 1930. The molecule has 53 heavy (non-hydrogen) atoms. The van der Waals surface area contributed by atoms with E-state index in [0.717, 1.165) is 21.9 Å². The number of rotatable bonds is 18. The minimum atomic E-state index is -2.31. The fourth-order valence-electron chi connectivity index (χ4n) is 5.85. The van der Waals surface area contributed by atoms with Crippen molar-refractivity contribution in [3.05, 3.63) is 124 Å². The van der Waals surface area contributed by atoms with Gasteiger partial charge in [-0.1, -0.05) is 84.9 Å². The van der Waals surface area contributed by atoms with Gasteiger partial charge in [0.15, 0.2) is 5.96 Å². The summed E-state index contributed by atoms with van der Waals surface area (Å²) in [6, 6.07) is 26.0. The van der Waals surface area contributed by atoms with Gasteiger partial charge in [-0.3, -0.25) is 29.3 Å². The van der Waals surface area contributed by atoms with E-state index in [-0.39, 0.29) is 31.4 Å². The number of likely N-dealkylation sites (N-methyl/N-ethyl adjacent to an activating group) is 1.